The highest BCUT2D eigenvalue weighted by Gasteiger charge is 2.33. The van der Waals surface area contributed by atoms with Crippen LogP contribution in [0.3, 0.4) is 0 Å². The average molecular weight is 304 g/mol. The van der Waals surface area contributed by atoms with Crippen molar-refractivity contribution in [1.82, 2.24) is 4.90 Å². The number of halogens is 4. The summed E-state index contributed by atoms with van der Waals surface area (Å²) in [7, 11) is 0. The largest absolute Gasteiger partial charge is 0.417 e. The van der Waals surface area contributed by atoms with E-state index in [0.717, 1.165) is 18.9 Å². The molecule has 1 fully saturated rings. The Labute approximate surface area is 119 Å². The third-order valence-electron chi connectivity index (χ3n) is 3.13. The summed E-state index contributed by atoms with van der Waals surface area (Å²) in [5.41, 5.74) is -0.593. The van der Waals surface area contributed by atoms with Gasteiger partial charge in [-0.15, -0.1) is 0 Å². The molecule has 0 spiro atoms. The molecule has 0 unspecified atom stereocenters. The number of carbonyl (C=O) groups excluding carboxylic acids is 1. The molecule has 2 nitrogen and oxygen atoms in total. The van der Waals surface area contributed by atoms with E-state index in [2.05, 4.69) is 0 Å². The van der Waals surface area contributed by atoms with Crippen LogP contribution in [-0.2, 0) is 11.0 Å². The summed E-state index contributed by atoms with van der Waals surface area (Å²) < 4.78 is 38.1. The Morgan fingerprint density at radius 2 is 1.90 bits per heavy atom. The van der Waals surface area contributed by atoms with Gasteiger partial charge in [0.2, 0.25) is 5.91 Å². The van der Waals surface area contributed by atoms with Gasteiger partial charge in [-0.25, -0.2) is 0 Å². The van der Waals surface area contributed by atoms with Crippen LogP contribution in [0.2, 0.25) is 5.02 Å². The molecule has 0 aliphatic carbocycles. The number of hydrogen-bond acceptors (Lipinski definition) is 1. The second-order valence-electron chi connectivity index (χ2n) is 4.60. The zero-order chi connectivity index (χ0) is 14.8. The molecule has 1 saturated heterocycles. The Morgan fingerprint density at radius 1 is 1.25 bits per heavy atom. The molecule has 0 radical (unpaired) electrons. The third-order valence-corrected chi connectivity index (χ3v) is 3.46. The van der Waals surface area contributed by atoms with E-state index >= 15 is 0 Å². The van der Waals surface area contributed by atoms with Crippen LogP contribution in [0.1, 0.15) is 24.0 Å². The van der Waals surface area contributed by atoms with Crippen molar-refractivity contribution in [2.24, 2.45) is 0 Å². The van der Waals surface area contributed by atoms with E-state index in [1.54, 1.807) is 4.90 Å². The Hall–Kier alpha value is -1.49. The molecule has 1 aromatic carbocycles. The van der Waals surface area contributed by atoms with E-state index in [4.69, 9.17) is 11.6 Å². The molecular weight excluding hydrogens is 291 g/mol. The van der Waals surface area contributed by atoms with E-state index in [9.17, 15) is 18.0 Å². The lowest BCUT2D eigenvalue weighted by Crippen LogP contribution is -2.25. The highest BCUT2D eigenvalue weighted by molar-refractivity contribution is 6.31. The van der Waals surface area contributed by atoms with E-state index in [0.29, 0.717) is 18.7 Å². The standard InChI is InChI=1S/C14H13ClF3NO/c15-12-5-3-10(9-11(12)14(16,17)18)4-6-13(20)19-7-1-2-8-19/h3-6,9H,1-2,7-8H2/b6-4+. The minimum Gasteiger partial charge on any atom is -0.339 e. The van der Waals surface area contributed by atoms with Crippen molar-refractivity contribution in [3.63, 3.8) is 0 Å². The van der Waals surface area contributed by atoms with Gasteiger partial charge in [-0.1, -0.05) is 17.7 Å². The van der Waals surface area contributed by atoms with Gasteiger partial charge in [0.1, 0.15) is 0 Å². The number of rotatable bonds is 2. The maximum absolute atomic E-state index is 12.7. The predicted molar refractivity (Wildman–Crippen MR) is 71.3 cm³/mol. The molecule has 1 aliphatic rings. The molecular formula is C14H13ClF3NO. The van der Waals surface area contributed by atoms with Crippen LogP contribution >= 0.6 is 11.6 Å². The second kappa shape index (κ2) is 5.87. The summed E-state index contributed by atoms with van der Waals surface area (Å²) >= 11 is 5.53. The van der Waals surface area contributed by atoms with Crippen molar-refractivity contribution in [2.45, 2.75) is 19.0 Å². The van der Waals surface area contributed by atoms with Crippen molar-refractivity contribution in [3.8, 4) is 0 Å². The molecule has 0 saturated carbocycles. The molecule has 108 valence electrons. The molecule has 1 aliphatic heterocycles. The molecule has 0 atom stereocenters. The van der Waals surface area contributed by atoms with E-state index < -0.39 is 11.7 Å². The fraction of sp³-hybridized carbons (Fsp3) is 0.357. The molecule has 0 N–H and O–H groups in total. The van der Waals surface area contributed by atoms with Crippen molar-refractivity contribution < 1.29 is 18.0 Å². The lowest BCUT2D eigenvalue weighted by molar-refractivity contribution is -0.137. The third kappa shape index (κ3) is 3.54. The minimum absolute atomic E-state index is 0.175. The monoisotopic (exact) mass is 303 g/mol. The summed E-state index contributed by atoms with van der Waals surface area (Å²) in [6.07, 6.45) is 0.123. The first kappa shape index (κ1) is 14.9. The molecule has 0 bridgehead atoms. The second-order valence-corrected chi connectivity index (χ2v) is 5.01. The minimum atomic E-state index is -4.50. The number of likely N-dealkylation sites (tertiary alicyclic amines) is 1. The van der Waals surface area contributed by atoms with Gasteiger partial charge in [0.25, 0.3) is 0 Å². The summed E-state index contributed by atoms with van der Waals surface area (Å²) in [5, 5.41) is -0.347. The van der Waals surface area contributed by atoms with Gasteiger partial charge in [0.05, 0.1) is 10.6 Å². The van der Waals surface area contributed by atoms with Crippen molar-refractivity contribution in [3.05, 3.63) is 40.4 Å². The van der Waals surface area contributed by atoms with Crippen LogP contribution in [0.4, 0.5) is 13.2 Å². The van der Waals surface area contributed by atoms with Crippen LogP contribution in [0, 0.1) is 0 Å². The Balaban J connectivity index is 2.15. The van der Waals surface area contributed by atoms with Crippen LogP contribution < -0.4 is 0 Å². The fourth-order valence-corrected chi connectivity index (χ4v) is 2.30. The van der Waals surface area contributed by atoms with Gasteiger partial charge < -0.3 is 4.90 Å². The van der Waals surface area contributed by atoms with Gasteiger partial charge in [0.15, 0.2) is 0 Å². The molecule has 1 amide bonds. The van der Waals surface area contributed by atoms with Crippen LogP contribution in [0.25, 0.3) is 6.08 Å². The van der Waals surface area contributed by atoms with Crippen molar-refractivity contribution >= 4 is 23.6 Å². The lowest BCUT2D eigenvalue weighted by Gasteiger charge is -2.12. The number of amides is 1. The van der Waals surface area contributed by atoms with Crippen LogP contribution in [0.5, 0.6) is 0 Å². The highest BCUT2D eigenvalue weighted by atomic mass is 35.5. The molecule has 6 heteroatoms. The topological polar surface area (TPSA) is 20.3 Å². The van der Waals surface area contributed by atoms with Gasteiger partial charge in [-0.3, -0.25) is 4.79 Å². The smallest absolute Gasteiger partial charge is 0.339 e. The molecule has 1 aromatic rings. The molecule has 2 rings (SSSR count). The van der Waals surface area contributed by atoms with Crippen molar-refractivity contribution in [2.75, 3.05) is 13.1 Å². The summed E-state index contributed by atoms with van der Waals surface area (Å²) in [4.78, 5) is 13.4. The maximum atomic E-state index is 12.7. The van der Waals surface area contributed by atoms with Gasteiger partial charge >= 0.3 is 6.18 Å². The number of nitrogens with zero attached hydrogens (tertiary/aromatic N) is 1. The van der Waals surface area contributed by atoms with Crippen LogP contribution in [-0.4, -0.2) is 23.9 Å². The Kier molecular flexibility index (Phi) is 4.38. The lowest BCUT2D eigenvalue weighted by atomic mass is 10.1. The highest BCUT2D eigenvalue weighted by Crippen LogP contribution is 2.35. The number of carbonyl (C=O) groups is 1. The first-order valence-electron chi connectivity index (χ1n) is 6.21. The first-order valence-corrected chi connectivity index (χ1v) is 6.59. The number of alkyl halides is 3. The number of hydrogen-bond donors (Lipinski definition) is 0. The van der Waals surface area contributed by atoms with E-state index in [-0.39, 0.29) is 10.9 Å². The van der Waals surface area contributed by atoms with Crippen molar-refractivity contribution in [1.29, 1.82) is 0 Å². The van der Waals surface area contributed by atoms with Gasteiger partial charge in [-0.2, -0.15) is 13.2 Å². The normalized spacial score (nSPS) is 16.1. The van der Waals surface area contributed by atoms with E-state index in [1.807, 2.05) is 0 Å². The summed E-state index contributed by atoms with van der Waals surface area (Å²) in [6, 6.07) is 3.58. The summed E-state index contributed by atoms with van der Waals surface area (Å²) in [6.45, 7) is 1.41. The maximum Gasteiger partial charge on any atom is 0.417 e. The van der Waals surface area contributed by atoms with Gasteiger partial charge in [0, 0.05) is 19.2 Å². The average Bonchev–Trinajstić information content (AvgIpc) is 2.90. The Morgan fingerprint density at radius 3 is 2.50 bits per heavy atom. The molecule has 0 aromatic heterocycles. The summed E-state index contributed by atoms with van der Waals surface area (Å²) in [5.74, 6) is -0.175. The van der Waals surface area contributed by atoms with E-state index in [1.165, 1.54) is 24.3 Å². The quantitative estimate of drug-likeness (QED) is 0.756. The SMILES string of the molecule is O=C(/C=C/c1ccc(Cl)c(C(F)(F)F)c1)N1CCCC1. The zero-order valence-electron chi connectivity index (χ0n) is 10.6. The zero-order valence-corrected chi connectivity index (χ0v) is 11.3. The first-order chi connectivity index (χ1) is 9.38. The predicted octanol–water partition coefficient (Wildman–Crippen LogP) is 3.99. The number of benzene rings is 1. The Bertz CT molecular complexity index is 534. The van der Waals surface area contributed by atoms with Crippen LogP contribution in [0.15, 0.2) is 24.3 Å². The molecule has 1 heterocycles. The molecule has 20 heavy (non-hydrogen) atoms. The fourth-order valence-electron chi connectivity index (χ4n) is 2.07. The van der Waals surface area contributed by atoms with Gasteiger partial charge in [-0.05, 0) is 36.6 Å².